The summed E-state index contributed by atoms with van der Waals surface area (Å²) in [6, 6.07) is 8.26. The average molecular weight is 332 g/mol. The highest BCUT2D eigenvalue weighted by Crippen LogP contribution is 2.32. The third-order valence-electron chi connectivity index (χ3n) is 4.90. The molecule has 1 heterocycles. The van der Waals surface area contributed by atoms with Crippen LogP contribution in [-0.4, -0.2) is 25.2 Å². The Labute approximate surface area is 147 Å². The van der Waals surface area contributed by atoms with Crippen LogP contribution in [0.1, 0.15) is 70.8 Å². The molecule has 2 rings (SSSR count). The molecular formula is C21H33NO2. The average Bonchev–Trinajstić information content (AvgIpc) is 2.96. The first kappa shape index (κ1) is 18.8. The SMILES string of the molecule is CCCCCCCCCCN1c2ccccc2CC1C(=O)OCC. The van der Waals surface area contributed by atoms with Gasteiger partial charge < -0.3 is 9.64 Å². The maximum absolute atomic E-state index is 12.3. The summed E-state index contributed by atoms with van der Waals surface area (Å²) >= 11 is 0. The number of ether oxygens (including phenoxy) is 1. The van der Waals surface area contributed by atoms with Gasteiger partial charge in [0.2, 0.25) is 0 Å². The molecule has 3 heteroatoms. The second-order valence-electron chi connectivity index (χ2n) is 6.77. The Bertz CT molecular complexity index is 500. The molecule has 0 N–H and O–H groups in total. The fourth-order valence-electron chi connectivity index (χ4n) is 3.59. The maximum atomic E-state index is 12.3. The highest BCUT2D eigenvalue weighted by atomic mass is 16.5. The summed E-state index contributed by atoms with van der Waals surface area (Å²) in [4.78, 5) is 14.6. The van der Waals surface area contributed by atoms with Gasteiger partial charge in [-0.2, -0.15) is 0 Å². The lowest BCUT2D eigenvalue weighted by Crippen LogP contribution is -2.40. The van der Waals surface area contributed by atoms with Crippen molar-refractivity contribution in [2.45, 2.75) is 77.7 Å². The van der Waals surface area contributed by atoms with Crippen LogP contribution >= 0.6 is 0 Å². The van der Waals surface area contributed by atoms with E-state index in [1.165, 1.54) is 56.2 Å². The number of nitrogens with zero attached hydrogens (tertiary/aromatic N) is 1. The van der Waals surface area contributed by atoms with Crippen LogP contribution in [-0.2, 0) is 16.0 Å². The largest absolute Gasteiger partial charge is 0.464 e. The third-order valence-corrected chi connectivity index (χ3v) is 4.90. The molecule has 1 atom stereocenters. The smallest absolute Gasteiger partial charge is 0.329 e. The number of hydrogen-bond donors (Lipinski definition) is 0. The van der Waals surface area contributed by atoms with Crippen molar-refractivity contribution in [1.82, 2.24) is 0 Å². The number of para-hydroxylation sites is 1. The molecule has 0 aromatic heterocycles. The van der Waals surface area contributed by atoms with Gasteiger partial charge >= 0.3 is 5.97 Å². The standard InChI is InChI=1S/C21H33NO2/c1-3-5-6-7-8-9-10-13-16-22-19-15-12-11-14-18(19)17-20(22)21(23)24-4-2/h11-12,14-15,20H,3-10,13,16-17H2,1-2H3. The van der Waals surface area contributed by atoms with Crippen LogP contribution in [0.25, 0.3) is 0 Å². The Morgan fingerprint density at radius 2 is 1.71 bits per heavy atom. The van der Waals surface area contributed by atoms with Crippen LogP contribution in [0.4, 0.5) is 5.69 Å². The molecule has 0 saturated carbocycles. The predicted octanol–water partition coefficient (Wildman–Crippen LogP) is 5.12. The highest BCUT2D eigenvalue weighted by molar-refractivity contribution is 5.84. The van der Waals surface area contributed by atoms with E-state index < -0.39 is 0 Å². The number of carbonyl (C=O) groups excluding carboxylic acids is 1. The second-order valence-corrected chi connectivity index (χ2v) is 6.77. The lowest BCUT2D eigenvalue weighted by atomic mass is 10.1. The van der Waals surface area contributed by atoms with Gasteiger partial charge in [0.1, 0.15) is 6.04 Å². The summed E-state index contributed by atoms with van der Waals surface area (Å²) in [5.41, 5.74) is 2.49. The number of unbranched alkanes of at least 4 members (excludes halogenated alkanes) is 7. The van der Waals surface area contributed by atoms with E-state index in [-0.39, 0.29) is 12.0 Å². The van der Waals surface area contributed by atoms with Crippen LogP contribution < -0.4 is 4.90 Å². The van der Waals surface area contributed by atoms with Gasteiger partial charge in [0.25, 0.3) is 0 Å². The van der Waals surface area contributed by atoms with Crippen molar-refractivity contribution in [1.29, 1.82) is 0 Å². The first-order valence-electron chi connectivity index (χ1n) is 9.79. The molecule has 1 unspecified atom stereocenters. The van der Waals surface area contributed by atoms with E-state index in [0.29, 0.717) is 6.61 Å². The number of esters is 1. The Morgan fingerprint density at radius 1 is 1.04 bits per heavy atom. The molecule has 0 saturated heterocycles. The fourth-order valence-corrected chi connectivity index (χ4v) is 3.59. The van der Waals surface area contributed by atoms with E-state index in [1.54, 1.807) is 0 Å². The molecular weight excluding hydrogens is 298 g/mol. The van der Waals surface area contributed by atoms with Crippen molar-refractivity contribution in [3.63, 3.8) is 0 Å². The van der Waals surface area contributed by atoms with Crippen LogP contribution in [0.2, 0.25) is 0 Å². The summed E-state index contributed by atoms with van der Waals surface area (Å²) in [7, 11) is 0. The van der Waals surface area contributed by atoms with Gasteiger partial charge in [-0.1, -0.05) is 70.1 Å². The van der Waals surface area contributed by atoms with Crippen molar-refractivity contribution in [2.24, 2.45) is 0 Å². The van der Waals surface area contributed by atoms with Crippen molar-refractivity contribution in [3.05, 3.63) is 29.8 Å². The Kier molecular flexibility index (Phi) is 8.14. The number of rotatable bonds is 11. The fraction of sp³-hybridized carbons (Fsp3) is 0.667. The van der Waals surface area contributed by atoms with Gasteiger partial charge in [0.15, 0.2) is 0 Å². The van der Waals surface area contributed by atoms with E-state index in [9.17, 15) is 4.79 Å². The number of anilines is 1. The molecule has 0 amide bonds. The Hall–Kier alpha value is -1.51. The lowest BCUT2D eigenvalue weighted by molar-refractivity contribution is -0.144. The predicted molar refractivity (Wildman–Crippen MR) is 101 cm³/mol. The van der Waals surface area contributed by atoms with E-state index >= 15 is 0 Å². The van der Waals surface area contributed by atoms with Gasteiger partial charge in [-0.3, -0.25) is 0 Å². The van der Waals surface area contributed by atoms with E-state index in [4.69, 9.17) is 4.74 Å². The van der Waals surface area contributed by atoms with Crippen molar-refractivity contribution in [2.75, 3.05) is 18.1 Å². The van der Waals surface area contributed by atoms with Gasteiger partial charge in [0.05, 0.1) is 6.61 Å². The molecule has 1 aromatic carbocycles. The number of hydrogen-bond acceptors (Lipinski definition) is 3. The van der Waals surface area contributed by atoms with E-state index in [2.05, 4.69) is 36.1 Å². The Morgan fingerprint density at radius 3 is 2.42 bits per heavy atom. The summed E-state index contributed by atoms with van der Waals surface area (Å²) in [5.74, 6) is -0.0757. The van der Waals surface area contributed by atoms with Gasteiger partial charge in [-0.05, 0) is 25.0 Å². The minimum absolute atomic E-state index is 0.0757. The van der Waals surface area contributed by atoms with Crippen molar-refractivity contribution < 1.29 is 9.53 Å². The molecule has 3 nitrogen and oxygen atoms in total. The maximum Gasteiger partial charge on any atom is 0.329 e. The molecule has 24 heavy (non-hydrogen) atoms. The van der Waals surface area contributed by atoms with Gasteiger partial charge in [0, 0.05) is 18.7 Å². The summed E-state index contributed by atoms with van der Waals surface area (Å²) in [6.07, 6.45) is 11.3. The monoisotopic (exact) mass is 331 g/mol. The summed E-state index contributed by atoms with van der Waals surface area (Å²) in [6.45, 7) is 5.55. The van der Waals surface area contributed by atoms with Crippen LogP contribution in [0.5, 0.6) is 0 Å². The third kappa shape index (κ3) is 5.25. The molecule has 1 aromatic rings. The van der Waals surface area contributed by atoms with Crippen LogP contribution in [0.15, 0.2) is 24.3 Å². The quantitative estimate of drug-likeness (QED) is 0.416. The first-order valence-corrected chi connectivity index (χ1v) is 9.79. The van der Waals surface area contributed by atoms with E-state index in [1.807, 2.05) is 6.92 Å². The number of fused-ring (bicyclic) bond motifs is 1. The lowest BCUT2D eigenvalue weighted by Gasteiger charge is -2.26. The van der Waals surface area contributed by atoms with Crippen LogP contribution in [0, 0.1) is 0 Å². The minimum atomic E-state index is -0.132. The normalized spacial score (nSPS) is 16.2. The zero-order valence-corrected chi connectivity index (χ0v) is 15.4. The molecule has 0 radical (unpaired) electrons. The van der Waals surface area contributed by atoms with Gasteiger partial charge in [-0.15, -0.1) is 0 Å². The number of carbonyl (C=O) groups is 1. The topological polar surface area (TPSA) is 29.5 Å². The molecule has 0 aliphatic carbocycles. The molecule has 134 valence electrons. The zero-order chi connectivity index (χ0) is 17.2. The van der Waals surface area contributed by atoms with Crippen molar-refractivity contribution >= 4 is 11.7 Å². The second kappa shape index (κ2) is 10.4. The molecule has 1 aliphatic rings. The summed E-state index contributed by atoms with van der Waals surface area (Å²) < 4.78 is 5.29. The first-order chi connectivity index (χ1) is 11.8. The molecule has 0 fully saturated rings. The molecule has 0 spiro atoms. The van der Waals surface area contributed by atoms with E-state index in [0.717, 1.165) is 19.4 Å². The van der Waals surface area contributed by atoms with Crippen molar-refractivity contribution in [3.8, 4) is 0 Å². The molecule has 1 aliphatic heterocycles. The summed E-state index contributed by atoms with van der Waals surface area (Å²) in [5, 5.41) is 0. The zero-order valence-electron chi connectivity index (χ0n) is 15.4. The van der Waals surface area contributed by atoms with Gasteiger partial charge in [-0.25, -0.2) is 4.79 Å². The van der Waals surface area contributed by atoms with Crippen LogP contribution in [0.3, 0.4) is 0 Å². The highest BCUT2D eigenvalue weighted by Gasteiger charge is 2.34. The molecule has 0 bridgehead atoms. The number of benzene rings is 1. The Balaban J connectivity index is 1.80. The minimum Gasteiger partial charge on any atom is -0.464 e.